The topological polar surface area (TPSA) is 128 Å². The summed E-state index contributed by atoms with van der Waals surface area (Å²) in [5, 5.41) is 14.0. The van der Waals surface area contributed by atoms with Crippen molar-refractivity contribution in [3.05, 3.63) is 59.7 Å². The second-order valence-corrected chi connectivity index (χ2v) is 7.50. The molecule has 0 spiro atoms. The minimum absolute atomic E-state index is 0.0237. The summed E-state index contributed by atoms with van der Waals surface area (Å²) in [6.45, 7) is 1.11. The molecule has 0 atom stereocenters. The van der Waals surface area contributed by atoms with Crippen LogP contribution in [0.5, 0.6) is 0 Å². The number of aryl methyl sites for hydroxylation is 1. The predicted molar refractivity (Wildman–Crippen MR) is 104 cm³/mol. The van der Waals surface area contributed by atoms with Crippen molar-refractivity contribution in [3.63, 3.8) is 0 Å². The van der Waals surface area contributed by atoms with Crippen molar-refractivity contribution in [3.8, 4) is 6.07 Å². The van der Waals surface area contributed by atoms with E-state index in [0.29, 0.717) is 5.69 Å². The van der Waals surface area contributed by atoms with Gasteiger partial charge in [0, 0.05) is 5.69 Å². The third-order valence-corrected chi connectivity index (χ3v) is 5.30. The highest BCUT2D eigenvalue weighted by molar-refractivity contribution is 7.89. The van der Waals surface area contributed by atoms with Gasteiger partial charge in [-0.05, 0) is 30.2 Å². The van der Waals surface area contributed by atoms with Gasteiger partial charge in [0.15, 0.2) is 0 Å². The molecule has 8 nitrogen and oxygen atoms in total. The Bertz CT molecular complexity index is 1010. The third kappa shape index (κ3) is 5.64. The van der Waals surface area contributed by atoms with Gasteiger partial charge in [-0.2, -0.15) is 5.26 Å². The lowest BCUT2D eigenvalue weighted by atomic mass is 10.1. The summed E-state index contributed by atoms with van der Waals surface area (Å²) in [4.78, 5) is 23.7. The first-order valence-corrected chi connectivity index (χ1v) is 9.99. The zero-order valence-electron chi connectivity index (χ0n) is 15.2. The SMILES string of the molecule is CCc1ccccc1NC(=O)CNC(=O)CNS(=O)(=O)c1ccccc1C#N. The van der Waals surface area contributed by atoms with Gasteiger partial charge < -0.3 is 10.6 Å². The van der Waals surface area contributed by atoms with Gasteiger partial charge in [0.05, 0.1) is 23.5 Å². The van der Waals surface area contributed by atoms with Crippen molar-refractivity contribution in [2.75, 3.05) is 18.4 Å². The van der Waals surface area contributed by atoms with Crippen LogP contribution in [-0.2, 0) is 26.0 Å². The van der Waals surface area contributed by atoms with Gasteiger partial charge in [0.1, 0.15) is 6.07 Å². The number of hydrogen-bond acceptors (Lipinski definition) is 5. The molecule has 2 aromatic carbocycles. The molecule has 0 aliphatic heterocycles. The number of carbonyl (C=O) groups excluding carboxylic acids is 2. The molecule has 0 saturated carbocycles. The van der Waals surface area contributed by atoms with Crippen molar-refractivity contribution in [2.45, 2.75) is 18.2 Å². The molecular formula is C19H20N4O4S. The van der Waals surface area contributed by atoms with E-state index in [2.05, 4.69) is 15.4 Å². The summed E-state index contributed by atoms with van der Waals surface area (Å²) in [5.74, 6) is -1.09. The maximum Gasteiger partial charge on any atom is 0.243 e. The van der Waals surface area contributed by atoms with Crippen LogP contribution < -0.4 is 15.4 Å². The summed E-state index contributed by atoms with van der Waals surface area (Å²) < 4.78 is 26.6. The molecule has 9 heteroatoms. The van der Waals surface area contributed by atoms with Crippen molar-refractivity contribution < 1.29 is 18.0 Å². The molecular weight excluding hydrogens is 380 g/mol. The van der Waals surface area contributed by atoms with E-state index >= 15 is 0 Å². The highest BCUT2D eigenvalue weighted by Gasteiger charge is 2.19. The van der Waals surface area contributed by atoms with Crippen LogP contribution >= 0.6 is 0 Å². The first-order chi connectivity index (χ1) is 13.4. The first-order valence-electron chi connectivity index (χ1n) is 8.50. The number of nitrogens with one attached hydrogen (secondary N) is 3. The fourth-order valence-electron chi connectivity index (χ4n) is 2.42. The van der Waals surface area contributed by atoms with Gasteiger partial charge >= 0.3 is 0 Å². The molecule has 2 rings (SSSR count). The molecule has 28 heavy (non-hydrogen) atoms. The standard InChI is InChI=1S/C19H20N4O4S/c1-2-14-7-3-5-9-16(14)23-19(25)12-21-18(24)13-22-28(26,27)17-10-6-4-8-15(17)11-20/h3-10,22H,2,12-13H2,1H3,(H,21,24)(H,23,25). The number of amides is 2. The van der Waals surface area contributed by atoms with E-state index in [1.807, 2.05) is 19.1 Å². The Labute approximate surface area is 163 Å². The summed E-state index contributed by atoms with van der Waals surface area (Å²) in [7, 11) is -4.03. The molecule has 3 N–H and O–H groups in total. The quantitative estimate of drug-likeness (QED) is 0.612. The Morgan fingerprint density at radius 2 is 1.68 bits per heavy atom. The Balaban J connectivity index is 1.87. The molecule has 2 aromatic rings. The predicted octanol–water partition coefficient (Wildman–Crippen LogP) is 1.15. The molecule has 0 aliphatic rings. The number of sulfonamides is 1. The van der Waals surface area contributed by atoms with E-state index in [9.17, 15) is 18.0 Å². The van der Waals surface area contributed by atoms with Crippen LogP contribution in [0.15, 0.2) is 53.4 Å². The average molecular weight is 400 g/mol. The monoisotopic (exact) mass is 400 g/mol. The number of carbonyl (C=O) groups is 2. The third-order valence-electron chi connectivity index (χ3n) is 3.84. The Hall–Kier alpha value is -3.22. The number of nitriles is 1. The first kappa shape index (κ1) is 21.1. The van der Waals surface area contributed by atoms with Crippen LogP contribution in [-0.4, -0.2) is 33.3 Å². The molecule has 146 valence electrons. The van der Waals surface area contributed by atoms with Crippen LogP contribution in [0.4, 0.5) is 5.69 Å². The summed E-state index contributed by atoms with van der Waals surface area (Å²) in [5.41, 5.74) is 1.61. The van der Waals surface area contributed by atoms with Crippen molar-refractivity contribution in [2.24, 2.45) is 0 Å². The molecule has 0 unspecified atom stereocenters. The van der Waals surface area contributed by atoms with Crippen LogP contribution in [0.3, 0.4) is 0 Å². The summed E-state index contributed by atoms with van der Waals surface area (Å²) >= 11 is 0. The molecule has 0 bridgehead atoms. The van der Waals surface area contributed by atoms with Gasteiger partial charge in [-0.1, -0.05) is 37.3 Å². The van der Waals surface area contributed by atoms with Crippen LogP contribution in [0, 0.1) is 11.3 Å². The number of nitrogens with zero attached hydrogens (tertiary/aromatic N) is 1. The Morgan fingerprint density at radius 3 is 2.39 bits per heavy atom. The second-order valence-electron chi connectivity index (χ2n) is 5.77. The lowest BCUT2D eigenvalue weighted by Crippen LogP contribution is -2.40. The van der Waals surface area contributed by atoms with E-state index in [4.69, 9.17) is 5.26 Å². The summed E-state index contributed by atoms with van der Waals surface area (Å²) in [6.07, 6.45) is 0.745. The largest absolute Gasteiger partial charge is 0.346 e. The van der Waals surface area contributed by atoms with Crippen LogP contribution in [0.2, 0.25) is 0 Å². The number of anilines is 1. The summed E-state index contributed by atoms with van der Waals surface area (Å²) in [6, 6.07) is 14.8. The van der Waals surface area contributed by atoms with Crippen molar-refractivity contribution >= 4 is 27.5 Å². The number of hydrogen-bond donors (Lipinski definition) is 3. The normalized spacial score (nSPS) is 10.7. The van der Waals surface area contributed by atoms with Gasteiger partial charge in [-0.3, -0.25) is 9.59 Å². The van der Waals surface area contributed by atoms with E-state index < -0.39 is 28.4 Å². The van der Waals surface area contributed by atoms with E-state index in [1.54, 1.807) is 24.3 Å². The molecule has 0 saturated heterocycles. The molecule has 0 radical (unpaired) electrons. The zero-order chi connectivity index (χ0) is 20.6. The van der Waals surface area contributed by atoms with Crippen LogP contribution in [0.1, 0.15) is 18.1 Å². The molecule has 0 heterocycles. The lowest BCUT2D eigenvalue weighted by molar-refractivity contribution is -0.123. The van der Waals surface area contributed by atoms with E-state index in [1.165, 1.54) is 18.2 Å². The van der Waals surface area contributed by atoms with E-state index in [0.717, 1.165) is 12.0 Å². The molecule has 0 fully saturated rings. The number of rotatable bonds is 8. The van der Waals surface area contributed by atoms with Crippen molar-refractivity contribution in [1.29, 1.82) is 5.26 Å². The van der Waals surface area contributed by atoms with Crippen molar-refractivity contribution in [1.82, 2.24) is 10.0 Å². The molecule has 2 amide bonds. The zero-order valence-corrected chi connectivity index (χ0v) is 16.0. The smallest absolute Gasteiger partial charge is 0.243 e. The fourth-order valence-corrected chi connectivity index (χ4v) is 3.56. The minimum Gasteiger partial charge on any atom is -0.346 e. The Kier molecular flexibility index (Phi) is 7.26. The molecule has 0 aliphatic carbocycles. The van der Waals surface area contributed by atoms with Crippen LogP contribution in [0.25, 0.3) is 0 Å². The highest BCUT2D eigenvalue weighted by Crippen LogP contribution is 2.15. The van der Waals surface area contributed by atoms with Gasteiger partial charge in [0.25, 0.3) is 0 Å². The minimum atomic E-state index is -4.03. The van der Waals surface area contributed by atoms with Gasteiger partial charge in [-0.25, -0.2) is 13.1 Å². The Morgan fingerprint density at radius 1 is 1.00 bits per heavy atom. The maximum atomic E-state index is 12.2. The second kappa shape index (κ2) is 9.64. The molecule has 0 aromatic heterocycles. The average Bonchev–Trinajstić information content (AvgIpc) is 2.71. The maximum absolute atomic E-state index is 12.2. The van der Waals surface area contributed by atoms with Gasteiger partial charge in [-0.15, -0.1) is 0 Å². The lowest BCUT2D eigenvalue weighted by Gasteiger charge is -2.11. The van der Waals surface area contributed by atoms with E-state index in [-0.39, 0.29) is 17.0 Å². The van der Waals surface area contributed by atoms with Gasteiger partial charge in [0.2, 0.25) is 21.8 Å². The highest BCUT2D eigenvalue weighted by atomic mass is 32.2. The fraction of sp³-hybridized carbons (Fsp3) is 0.211. The number of para-hydroxylation sites is 1. The number of benzene rings is 2.